The largest absolute Gasteiger partial charge is 0.436 e. The van der Waals surface area contributed by atoms with Gasteiger partial charge in [-0.05, 0) is 56.2 Å². The fraction of sp³-hybridized carbons (Fsp3) is 0.333. The number of rotatable bonds is 4. The quantitative estimate of drug-likeness (QED) is 0.594. The second-order valence-corrected chi connectivity index (χ2v) is 7.95. The summed E-state index contributed by atoms with van der Waals surface area (Å²) in [7, 11) is 0. The topological polar surface area (TPSA) is 47.0 Å². The van der Waals surface area contributed by atoms with E-state index in [1.54, 1.807) is 12.3 Å². The summed E-state index contributed by atoms with van der Waals surface area (Å²) in [5.74, 6) is 1.66. The standard InChI is InChI=1S/C24H24FN3O/c1-15-5-2-9-21(28-15)29-23-20(16-6-3-7-16)11-10-19(22(23)25)18-13-17-8-4-12-26-24(17)27-14-18/h2,5,9-11,13-14,16H,3-4,6-8,12H2,1H3,(H,26,27). The van der Waals surface area contributed by atoms with Gasteiger partial charge in [0.2, 0.25) is 5.88 Å². The summed E-state index contributed by atoms with van der Waals surface area (Å²) < 4.78 is 21.8. The van der Waals surface area contributed by atoms with Gasteiger partial charge < -0.3 is 10.1 Å². The monoisotopic (exact) mass is 389 g/mol. The lowest BCUT2D eigenvalue weighted by Crippen LogP contribution is -2.13. The Kier molecular flexibility index (Phi) is 4.66. The first-order chi connectivity index (χ1) is 14.2. The Morgan fingerprint density at radius 1 is 1.14 bits per heavy atom. The van der Waals surface area contributed by atoms with Crippen LogP contribution in [0, 0.1) is 12.7 Å². The number of aromatic nitrogens is 2. The number of halogens is 1. The Morgan fingerprint density at radius 3 is 2.83 bits per heavy atom. The molecule has 0 atom stereocenters. The highest BCUT2D eigenvalue weighted by molar-refractivity contribution is 5.69. The maximum atomic E-state index is 15.8. The van der Waals surface area contributed by atoms with E-state index in [4.69, 9.17) is 4.74 Å². The second-order valence-electron chi connectivity index (χ2n) is 7.95. The molecule has 148 valence electrons. The molecule has 29 heavy (non-hydrogen) atoms. The minimum atomic E-state index is -0.330. The van der Waals surface area contributed by atoms with Gasteiger partial charge in [0.05, 0.1) is 0 Å². The Labute approximate surface area is 170 Å². The number of aryl methyl sites for hydroxylation is 2. The van der Waals surface area contributed by atoms with E-state index in [9.17, 15) is 0 Å². The van der Waals surface area contributed by atoms with Crippen LogP contribution < -0.4 is 10.1 Å². The Balaban J connectivity index is 1.58. The van der Waals surface area contributed by atoms with Crippen molar-refractivity contribution in [3.05, 3.63) is 65.2 Å². The van der Waals surface area contributed by atoms with Crippen LogP contribution in [-0.4, -0.2) is 16.5 Å². The molecule has 0 saturated heterocycles. The molecule has 2 aromatic heterocycles. The fourth-order valence-corrected chi connectivity index (χ4v) is 4.11. The number of fused-ring (bicyclic) bond motifs is 1. The fourth-order valence-electron chi connectivity index (χ4n) is 4.11. The molecule has 0 unspecified atom stereocenters. The van der Waals surface area contributed by atoms with E-state index in [0.717, 1.165) is 60.4 Å². The van der Waals surface area contributed by atoms with Crippen LogP contribution in [-0.2, 0) is 6.42 Å². The van der Waals surface area contributed by atoms with Crippen molar-refractivity contribution in [1.29, 1.82) is 0 Å². The number of pyridine rings is 2. The van der Waals surface area contributed by atoms with E-state index in [1.807, 2.05) is 37.3 Å². The van der Waals surface area contributed by atoms with E-state index in [1.165, 1.54) is 6.42 Å². The Morgan fingerprint density at radius 2 is 2.03 bits per heavy atom. The van der Waals surface area contributed by atoms with Crippen molar-refractivity contribution in [3.63, 3.8) is 0 Å². The molecule has 1 fully saturated rings. The number of ether oxygens (including phenoxy) is 1. The summed E-state index contributed by atoms with van der Waals surface area (Å²) in [5, 5.41) is 3.31. The lowest BCUT2D eigenvalue weighted by atomic mass is 9.79. The number of hydrogen-bond donors (Lipinski definition) is 1. The maximum Gasteiger partial charge on any atom is 0.219 e. The third-order valence-electron chi connectivity index (χ3n) is 5.93. The van der Waals surface area contributed by atoms with Crippen LogP contribution in [0.25, 0.3) is 11.1 Å². The van der Waals surface area contributed by atoms with Crippen LogP contribution in [0.1, 0.15) is 48.4 Å². The molecule has 1 N–H and O–H groups in total. The van der Waals surface area contributed by atoms with Gasteiger partial charge in [0, 0.05) is 41.2 Å². The van der Waals surface area contributed by atoms with Gasteiger partial charge in [0.15, 0.2) is 11.6 Å². The summed E-state index contributed by atoms with van der Waals surface area (Å²) >= 11 is 0. The summed E-state index contributed by atoms with van der Waals surface area (Å²) in [6.45, 7) is 2.84. The first-order valence-corrected chi connectivity index (χ1v) is 10.4. The molecule has 0 bridgehead atoms. The van der Waals surface area contributed by atoms with Crippen molar-refractivity contribution < 1.29 is 9.13 Å². The van der Waals surface area contributed by atoms with E-state index in [-0.39, 0.29) is 5.82 Å². The van der Waals surface area contributed by atoms with Crippen molar-refractivity contribution in [1.82, 2.24) is 9.97 Å². The maximum absolute atomic E-state index is 15.8. The van der Waals surface area contributed by atoms with E-state index < -0.39 is 0 Å². The third kappa shape index (κ3) is 3.46. The van der Waals surface area contributed by atoms with E-state index in [2.05, 4.69) is 15.3 Å². The molecule has 5 heteroatoms. The van der Waals surface area contributed by atoms with Gasteiger partial charge in [0.1, 0.15) is 5.82 Å². The van der Waals surface area contributed by atoms with Crippen LogP contribution in [0.15, 0.2) is 42.6 Å². The van der Waals surface area contributed by atoms with Gasteiger partial charge in [-0.1, -0.05) is 24.6 Å². The summed E-state index contributed by atoms with van der Waals surface area (Å²) in [4.78, 5) is 8.92. The molecule has 2 aliphatic rings. The molecular weight excluding hydrogens is 365 g/mol. The lowest BCUT2D eigenvalue weighted by Gasteiger charge is -2.28. The van der Waals surface area contributed by atoms with Crippen LogP contribution in [0.3, 0.4) is 0 Å². The number of nitrogens with one attached hydrogen (secondary N) is 1. The van der Waals surface area contributed by atoms with Crippen molar-refractivity contribution >= 4 is 5.82 Å². The average Bonchev–Trinajstić information content (AvgIpc) is 2.69. The summed E-state index contributed by atoms with van der Waals surface area (Å²) in [5.41, 5.74) is 4.23. The molecule has 1 saturated carbocycles. The number of hydrogen-bond acceptors (Lipinski definition) is 4. The van der Waals surface area contributed by atoms with Gasteiger partial charge in [-0.2, -0.15) is 0 Å². The minimum absolute atomic E-state index is 0.307. The normalized spacial score (nSPS) is 15.9. The molecule has 5 rings (SSSR count). The van der Waals surface area contributed by atoms with Crippen molar-refractivity contribution in [2.75, 3.05) is 11.9 Å². The van der Waals surface area contributed by atoms with Crippen LogP contribution in [0.2, 0.25) is 0 Å². The van der Waals surface area contributed by atoms with E-state index in [0.29, 0.717) is 23.1 Å². The highest BCUT2D eigenvalue weighted by Gasteiger charge is 2.27. The van der Waals surface area contributed by atoms with Gasteiger partial charge in [-0.3, -0.25) is 0 Å². The number of anilines is 1. The zero-order chi connectivity index (χ0) is 19.8. The zero-order valence-corrected chi connectivity index (χ0v) is 16.5. The molecule has 1 aromatic carbocycles. The van der Waals surface area contributed by atoms with Crippen LogP contribution in [0.5, 0.6) is 11.6 Å². The second kappa shape index (κ2) is 7.47. The Hall–Kier alpha value is -2.95. The summed E-state index contributed by atoms with van der Waals surface area (Å²) in [6, 6.07) is 11.5. The first-order valence-electron chi connectivity index (χ1n) is 10.4. The van der Waals surface area contributed by atoms with Crippen molar-refractivity contribution in [2.45, 2.75) is 44.9 Å². The predicted molar refractivity (Wildman–Crippen MR) is 112 cm³/mol. The van der Waals surface area contributed by atoms with Crippen molar-refractivity contribution in [3.8, 4) is 22.8 Å². The molecule has 0 amide bonds. The van der Waals surface area contributed by atoms with Gasteiger partial charge in [-0.25, -0.2) is 14.4 Å². The van der Waals surface area contributed by atoms with E-state index >= 15 is 4.39 Å². The molecule has 3 heterocycles. The predicted octanol–water partition coefficient (Wildman–Crippen LogP) is 6.01. The molecule has 1 aliphatic heterocycles. The van der Waals surface area contributed by atoms with Crippen LogP contribution >= 0.6 is 0 Å². The third-order valence-corrected chi connectivity index (χ3v) is 5.93. The molecular formula is C24H24FN3O. The summed E-state index contributed by atoms with van der Waals surface area (Å²) in [6.07, 6.45) is 7.09. The molecule has 0 spiro atoms. The highest BCUT2D eigenvalue weighted by Crippen LogP contribution is 2.45. The minimum Gasteiger partial charge on any atom is -0.436 e. The lowest BCUT2D eigenvalue weighted by molar-refractivity contribution is 0.378. The average molecular weight is 389 g/mol. The number of nitrogens with zero attached hydrogens (tertiary/aromatic N) is 2. The van der Waals surface area contributed by atoms with Gasteiger partial charge in [0.25, 0.3) is 0 Å². The zero-order valence-electron chi connectivity index (χ0n) is 16.5. The molecule has 1 aliphatic carbocycles. The molecule has 0 radical (unpaired) electrons. The van der Waals surface area contributed by atoms with Gasteiger partial charge in [-0.15, -0.1) is 0 Å². The first kappa shape index (κ1) is 18.1. The smallest absolute Gasteiger partial charge is 0.219 e. The number of benzene rings is 1. The Bertz CT molecular complexity index is 1060. The van der Waals surface area contributed by atoms with Crippen LogP contribution in [0.4, 0.5) is 10.2 Å². The highest BCUT2D eigenvalue weighted by atomic mass is 19.1. The SMILES string of the molecule is Cc1cccc(Oc2c(C3CCC3)ccc(-c3cnc4c(c3)CCCN4)c2F)n1. The van der Waals surface area contributed by atoms with Gasteiger partial charge >= 0.3 is 0 Å². The molecule has 3 aromatic rings. The van der Waals surface area contributed by atoms with Crippen molar-refractivity contribution in [2.24, 2.45) is 0 Å². The molecule has 4 nitrogen and oxygen atoms in total.